The fourth-order valence-electron chi connectivity index (χ4n) is 3.50. The van der Waals surface area contributed by atoms with E-state index < -0.39 is 6.04 Å². The van der Waals surface area contributed by atoms with Crippen molar-refractivity contribution in [3.05, 3.63) is 102 Å². The summed E-state index contributed by atoms with van der Waals surface area (Å²) in [6.45, 7) is 2.75. The molecule has 1 atom stereocenters. The maximum atomic E-state index is 13.3. The minimum absolute atomic E-state index is 0.0104. The van der Waals surface area contributed by atoms with Crippen LogP contribution in [0.5, 0.6) is 0 Å². The summed E-state index contributed by atoms with van der Waals surface area (Å²) in [6, 6.07) is 22.8. The summed E-state index contributed by atoms with van der Waals surface area (Å²) in [7, 11) is 0. The van der Waals surface area contributed by atoms with Crippen LogP contribution >= 0.6 is 0 Å². The van der Waals surface area contributed by atoms with E-state index in [4.69, 9.17) is 0 Å². The summed E-state index contributed by atoms with van der Waals surface area (Å²) in [4.78, 5) is 32.3. The standard InChI is InChI=1S/C26H29N3O2/c1-2-10-25(30)29(20-22-13-7-4-8-14-22)24(17-21-11-5-3-6-12-21)26(31)28-19-23-15-9-16-27-18-23/h3-9,11-16,18,24H,2,10,17,19-20H2,1H3,(H,28,31). The van der Waals surface area contributed by atoms with Crippen LogP contribution in [0, 0.1) is 0 Å². The molecule has 0 radical (unpaired) electrons. The lowest BCUT2D eigenvalue weighted by molar-refractivity contribution is -0.141. The predicted molar refractivity (Wildman–Crippen MR) is 122 cm³/mol. The highest BCUT2D eigenvalue weighted by Crippen LogP contribution is 2.16. The van der Waals surface area contributed by atoms with E-state index in [1.54, 1.807) is 17.3 Å². The van der Waals surface area contributed by atoms with Crippen LogP contribution in [0.3, 0.4) is 0 Å². The lowest BCUT2D eigenvalue weighted by Gasteiger charge is -2.31. The third kappa shape index (κ3) is 6.78. The zero-order valence-electron chi connectivity index (χ0n) is 17.9. The molecule has 160 valence electrons. The summed E-state index contributed by atoms with van der Waals surface area (Å²) >= 11 is 0. The van der Waals surface area contributed by atoms with Gasteiger partial charge in [0.25, 0.3) is 0 Å². The normalized spacial score (nSPS) is 11.5. The Labute approximate surface area is 184 Å². The minimum atomic E-state index is -0.599. The SMILES string of the molecule is CCCC(=O)N(Cc1ccccc1)C(Cc1ccccc1)C(=O)NCc1cccnc1. The molecule has 2 amide bonds. The second-order valence-electron chi connectivity index (χ2n) is 7.54. The van der Waals surface area contributed by atoms with Crippen LogP contribution in [0.1, 0.15) is 36.5 Å². The highest BCUT2D eigenvalue weighted by molar-refractivity contribution is 5.88. The molecule has 0 fully saturated rings. The fraction of sp³-hybridized carbons (Fsp3) is 0.269. The Morgan fingerprint density at radius 3 is 2.16 bits per heavy atom. The largest absolute Gasteiger partial charge is 0.350 e. The number of rotatable bonds is 10. The highest BCUT2D eigenvalue weighted by atomic mass is 16.2. The van der Waals surface area contributed by atoms with Gasteiger partial charge in [-0.2, -0.15) is 0 Å². The van der Waals surface area contributed by atoms with Crippen LogP contribution in [-0.4, -0.2) is 27.7 Å². The second-order valence-corrected chi connectivity index (χ2v) is 7.54. The van der Waals surface area contributed by atoms with Gasteiger partial charge in [0.1, 0.15) is 6.04 Å². The van der Waals surface area contributed by atoms with Gasteiger partial charge in [-0.05, 0) is 29.2 Å². The van der Waals surface area contributed by atoms with Gasteiger partial charge in [-0.3, -0.25) is 14.6 Å². The first-order valence-electron chi connectivity index (χ1n) is 10.7. The van der Waals surface area contributed by atoms with Crippen LogP contribution in [0.4, 0.5) is 0 Å². The Bertz CT molecular complexity index is 946. The molecule has 5 heteroatoms. The van der Waals surface area contributed by atoms with Crippen molar-refractivity contribution >= 4 is 11.8 Å². The van der Waals surface area contributed by atoms with Crippen LogP contribution in [0.15, 0.2) is 85.2 Å². The Kier molecular flexibility index (Phi) is 8.35. The molecule has 1 N–H and O–H groups in total. The second kappa shape index (κ2) is 11.6. The molecule has 1 unspecified atom stereocenters. The number of amides is 2. The number of pyridine rings is 1. The Balaban J connectivity index is 1.86. The molecule has 2 aromatic carbocycles. The number of benzene rings is 2. The van der Waals surface area contributed by atoms with Crippen LogP contribution in [-0.2, 0) is 29.1 Å². The Morgan fingerprint density at radius 1 is 0.903 bits per heavy atom. The Hall–Kier alpha value is -3.47. The van der Waals surface area contributed by atoms with Gasteiger partial charge in [-0.25, -0.2) is 0 Å². The molecule has 0 aliphatic heterocycles. The van der Waals surface area contributed by atoms with Gasteiger partial charge in [-0.15, -0.1) is 0 Å². The summed E-state index contributed by atoms with van der Waals surface area (Å²) in [5.41, 5.74) is 2.94. The van der Waals surface area contributed by atoms with Gasteiger partial charge in [-0.1, -0.05) is 73.7 Å². The van der Waals surface area contributed by atoms with Gasteiger partial charge in [0.2, 0.25) is 11.8 Å². The van der Waals surface area contributed by atoms with Crippen molar-refractivity contribution in [2.24, 2.45) is 0 Å². The van der Waals surface area contributed by atoms with Crippen molar-refractivity contribution < 1.29 is 9.59 Å². The number of hydrogen-bond donors (Lipinski definition) is 1. The van der Waals surface area contributed by atoms with Crippen LogP contribution in [0.25, 0.3) is 0 Å². The van der Waals surface area contributed by atoms with E-state index in [0.717, 1.165) is 23.1 Å². The van der Waals surface area contributed by atoms with Crippen molar-refractivity contribution in [1.29, 1.82) is 0 Å². The number of nitrogens with one attached hydrogen (secondary N) is 1. The van der Waals surface area contributed by atoms with Gasteiger partial charge in [0.15, 0.2) is 0 Å². The van der Waals surface area contributed by atoms with Gasteiger partial charge >= 0.3 is 0 Å². The molecule has 3 aromatic rings. The highest BCUT2D eigenvalue weighted by Gasteiger charge is 2.29. The lowest BCUT2D eigenvalue weighted by Crippen LogP contribution is -2.50. The first kappa shape index (κ1) is 22.2. The molecule has 3 rings (SSSR count). The van der Waals surface area contributed by atoms with Crippen LogP contribution < -0.4 is 5.32 Å². The molecule has 0 spiro atoms. The zero-order valence-corrected chi connectivity index (χ0v) is 17.9. The van der Waals surface area contributed by atoms with Crippen molar-refractivity contribution in [3.63, 3.8) is 0 Å². The summed E-state index contributed by atoms with van der Waals surface area (Å²) in [6.07, 6.45) is 5.04. The molecule has 1 heterocycles. The Morgan fingerprint density at radius 2 is 1.55 bits per heavy atom. The average molecular weight is 416 g/mol. The first-order chi connectivity index (χ1) is 15.2. The van der Waals surface area contributed by atoms with E-state index in [0.29, 0.717) is 25.9 Å². The van der Waals surface area contributed by atoms with Crippen molar-refractivity contribution in [2.45, 2.75) is 45.3 Å². The topological polar surface area (TPSA) is 62.3 Å². The molecule has 0 bridgehead atoms. The maximum absolute atomic E-state index is 13.3. The molecule has 0 saturated carbocycles. The number of carbonyl (C=O) groups excluding carboxylic acids is 2. The zero-order chi connectivity index (χ0) is 21.9. The van der Waals surface area contributed by atoms with Crippen molar-refractivity contribution in [3.8, 4) is 0 Å². The molecule has 1 aromatic heterocycles. The molecule has 5 nitrogen and oxygen atoms in total. The summed E-state index contributed by atoms with van der Waals surface area (Å²) < 4.78 is 0. The quantitative estimate of drug-likeness (QED) is 0.541. The lowest BCUT2D eigenvalue weighted by atomic mass is 10.0. The minimum Gasteiger partial charge on any atom is -0.350 e. The molecular formula is C26H29N3O2. The number of aromatic nitrogens is 1. The van der Waals surface area contributed by atoms with Crippen molar-refractivity contribution in [2.75, 3.05) is 0 Å². The first-order valence-corrected chi connectivity index (χ1v) is 10.7. The predicted octanol–water partition coefficient (Wildman–Crippen LogP) is 4.14. The van der Waals surface area contributed by atoms with E-state index in [9.17, 15) is 9.59 Å². The smallest absolute Gasteiger partial charge is 0.243 e. The van der Waals surface area contributed by atoms with Crippen molar-refractivity contribution in [1.82, 2.24) is 15.2 Å². The van der Waals surface area contributed by atoms with E-state index in [-0.39, 0.29) is 11.8 Å². The summed E-state index contributed by atoms with van der Waals surface area (Å²) in [5.74, 6) is -0.170. The molecule has 0 aliphatic rings. The van der Waals surface area contributed by atoms with E-state index in [1.165, 1.54) is 0 Å². The number of carbonyl (C=O) groups is 2. The van der Waals surface area contributed by atoms with Gasteiger partial charge in [0.05, 0.1) is 0 Å². The average Bonchev–Trinajstić information content (AvgIpc) is 2.82. The van der Waals surface area contributed by atoms with Crippen LogP contribution in [0.2, 0.25) is 0 Å². The molecule has 0 saturated heterocycles. The third-order valence-electron chi connectivity index (χ3n) is 5.12. The third-order valence-corrected chi connectivity index (χ3v) is 5.12. The number of hydrogen-bond acceptors (Lipinski definition) is 3. The van der Waals surface area contributed by atoms with Gasteiger partial charge < -0.3 is 10.2 Å². The van der Waals surface area contributed by atoms with Gasteiger partial charge in [0, 0.05) is 38.3 Å². The summed E-state index contributed by atoms with van der Waals surface area (Å²) in [5, 5.41) is 3.01. The fourth-order valence-corrected chi connectivity index (χ4v) is 3.50. The van der Waals surface area contributed by atoms with E-state index >= 15 is 0 Å². The monoisotopic (exact) mass is 415 g/mol. The van der Waals surface area contributed by atoms with E-state index in [2.05, 4.69) is 10.3 Å². The maximum Gasteiger partial charge on any atom is 0.243 e. The number of nitrogens with zero attached hydrogens (tertiary/aromatic N) is 2. The molecule has 0 aliphatic carbocycles. The molecular weight excluding hydrogens is 386 g/mol. The molecule has 31 heavy (non-hydrogen) atoms. The van der Waals surface area contributed by atoms with E-state index in [1.807, 2.05) is 79.7 Å².